The summed E-state index contributed by atoms with van der Waals surface area (Å²) in [4.78, 5) is 4.03. The molecule has 0 N–H and O–H groups in total. The zero-order chi connectivity index (χ0) is 38.7. The van der Waals surface area contributed by atoms with Crippen molar-refractivity contribution in [3.8, 4) is 30.3 Å². The third kappa shape index (κ3) is 5.70. The van der Waals surface area contributed by atoms with Crippen molar-refractivity contribution in [3.63, 3.8) is 0 Å². The normalized spacial score (nSPS) is 14.5. The van der Waals surface area contributed by atoms with Crippen molar-refractivity contribution >= 4 is 16.7 Å². The van der Waals surface area contributed by atoms with Gasteiger partial charge >= 0.3 is 12.4 Å². The fourth-order valence-electron chi connectivity index (χ4n) is 4.58. The Hall–Kier alpha value is -6.86. The third-order valence-electron chi connectivity index (χ3n) is 6.68. The molecule has 1 aliphatic carbocycles. The van der Waals surface area contributed by atoms with Gasteiger partial charge in [0.2, 0.25) is 11.9 Å². The lowest BCUT2D eigenvalue weighted by atomic mass is 9.96. The average Bonchev–Trinajstić information content (AvgIpc) is 3.77. The van der Waals surface area contributed by atoms with Crippen LogP contribution in [-0.4, -0.2) is 9.97 Å². The smallest absolute Gasteiger partial charge is 0.209 e. The second-order valence-corrected chi connectivity index (χ2v) is 9.38. The second-order valence-electron chi connectivity index (χ2n) is 9.38. The summed E-state index contributed by atoms with van der Waals surface area (Å²) < 4.78 is 215. The molecule has 1 fully saturated rings. The molecule has 2 aromatic heterocycles. The Morgan fingerprint density at radius 1 is 0.412 bits per heavy atom. The first-order valence-electron chi connectivity index (χ1n) is 12.3. The Balaban J connectivity index is 2.40. The number of hydrogen-bond acceptors (Lipinski definition) is 7. The van der Waals surface area contributed by atoms with Gasteiger partial charge < -0.3 is 0 Å². The van der Waals surface area contributed by atoms with Crippen LogP contribution in [0.25, 0.3) is 16.7 Å². The Morgan fingerprint density at radius 2 is 0.706 bits per heavy atom. The Labute approximate surface area is 270 Å². The van der Waals surface area contributed by atoms with Crippen LogP contribution in [0.2, 0.25) is 0 Å². The predicted octanol–water partition coefficient (Wildman–Crippen LogP) is 7.76. The summed E-state index contributed by atoms with van der Waals surface area (Å²) >= 11 is 0. The molecule has 1 aliphatic rings. The minimum Gasteiger partial charge on any atom is -0.209 e. The maximum absolute atomic E-state index is 15.4. The second kappa shape index (κ2) is 12.5. The highest BCUT2D eigenvalue weighted by Crippen LogP contribution is 2.57. The van der Waals surface area contributed by atoms with E-state index in [0.717, 1.165) is 30.3 Å². The predicted molar refractivity (Wildman–Crippen MR) is 132 cm³/mol. The largest absolute Gasteiger partial charge is 0.436 e. The quantitative estimate of drug-likeness (QED) is 0.116. The minimum atomic E-state index is -5.98. The molecule has 0 saturated heterocycles. The van der Waals surface area contributed by atoms with Crippen molar-refractivity contribution < 1.29 is 65.9 Å². The van der Waals surface area contributed by atoms with Crippen LogP contribution in [-0.2, 0) is 12.4 Å². The molecule has 0 bridgehead atoms. The highest BCUT2D eigenvalue weighted by Gasteiger charge is 2.48. The van der Waals surface area contributed by atoms with Crippen LogP contribution in [0.4, 0.5) is 65.9 Å². The maximum atomic E-state index is 15.4. The number of nitriles is 5. The van der Waals surface area contributed by atoms with Gasteiger partial charge in [-0.15, -0.1) is 0 Å². The Morgan fingerprint density at radius 3 is 0.980 bits per heavy atom. The molecule has 0 radical (unpaired) electrons. The van der Waals surface area contributed by atoms with Crippen LogP contribution in [0.5, 0.6) is 0 Å². The molecule has 1 saturated carbocycles. The summed E-state index contributed by atoms with van der Waals surface area (Å²) in [6.07, 6.45) is -12.0. The van der Waals surface area contributed by atoms with Gasteiger partial charge in [-0.3, -0.25) is 0 Å². The first kappa shape index (κ1) is 37.0. The summed E-state index contributed by atoms with van der Waals surface area (Å²) in [5.41, 5.74) is -26.8. The first-order valence-corrected chi connectivity index (χ1v) is 12.3. The fraction of sp³-hybridized carbons (Fsp3) is 0.0690. The van der Waals surface area contributed by atoms with E-state index in [-0.39, 0.29) is 0 Å². The number of allylic oxidation sites excluding steroid dienone is 6. The van der Waals surface area contributed by atoms with Crippen LogP contribution in [0.1, 0.15) is 39.2 Å². The van der Waals surface area contributed by atoms with Crippen molar-refractivity contribution in [1.82, 2.24) is 9.97 Å². The van der Waals surface area contributed by atoms with Crippen LogP contribution in [0, 0.1) is 109 Å². The van der Waals surface area contributed by atoms with Gasteiger partial charge in [0.1, 0.15) is 41.5 Å². The summed E-state index contributed by atoms with van der Waals surface area (Å²) in [5.74, 6) is -24.2. The van der Waals surface area contributed by atoms with Gasteiger partial charge in [-0.2, -0.15) is 61.4 Å². The van der Waals surface area contributed by atoms with Crippen molar-refractivity contribution in [2.45, 2.75) is 12.4 Å². The van der Waals surface area contributed by atoms with Gasteiger partial charge in [0.25, 0.3) is 0 Å². The monoisotopic (exact) mass is 731 g/mol. The zero-order valence-electron chi connectivity index (χ0n) is 23.3. The average molecular weight is 731 g/mol. The molecule has 2 heterocycles. The van der Waals surface area contributed by atoms with Crippen LogP contribution in [0.15, 0.2) is 16.7 Å². The number of halogens is 15. The zero-order valence-corrected chi connectivity index (χ0v) is 23.3. The first-order chi connectivity index (χ1) is 23.6. The summed E-state index contributed by atoms with van der Waals surface area (Å²) in [6.45, 7) is 0. The Bertz CT molecular complexity index is 2330. The molecule has 51 heavy (non-hydrogen) atoms. The van der Waals surface area contributed by atoms with Crippen LogP contribution in [0.3, 0.4) is 0 Å². The van der Waals surface area contributed by atoms with Gasteiger partial charge in [-0.25, -0.2) is 40.7 Å². The van der Waals surface area contributed by atoms with Crippen molar-refractivity contribution in [3.05, 3.63) is 109 Å². The van der Waals surface area contributed by atoms with Gasteiger partial charge in [0, 0.05) is 16.7 Å². The molecule has 7 nitrogen and oxygen atoms in total. The van der Waals surface area contributed by atoms with Gasteiger partial charge in [-0.1, -0.05) is 0 Å². The number of hydrogen-bond donors (Lipinski definition) is 0. The number of benzene rings is 1. The molecule has 0 atom stereocenters. The molecule has 22 heteroatoms. The number of rotatable bonds is 3. The molecule has 4 rings (SSSR count). The SMILES string of the molecule is N#CC(=C1C(=C(C#N)c2c(F)c(F)nc(C(F)(F)F)c2F)C1=C(C#N)c1c(F)c(F)c(C#N)c(C#N)c1F)c1c(F)c(F)nc(C(F)(F)F)c1F. The Kier molecular flexibility index (Phi) is 9.09. The topological polar surface area (TPSA) is 145 Å². The molecular formula is C29F15N7. The molecule has 0 unspecified atom stereocenters. The highest BCUT2D eigenvalue weighted by molar-refractivity contribution is 6.12. The van der Waals surface area contributed by atoms with E-state index in [4.69, 9.17) is 5.26 Å². The summed E-state index contributed by atoms with van der Waals surface area (Å²) in [5, 5.41) is 47.7. The van der Waals surface area contributed by atoms with Gasteiger partial charge in [-0.05, 0) is 0 Å². The fourth-order valence-corrected chi connectivity index (χ4v) is 4.58. The minimum absolute atomic E-state index is 0.786. The number of pyridine rings is 2. The molecule has 3 aromatic rings. The number of alkyl halides is 6. The van der Waals surface area contributed by atoms with Crippen molar-refractivity contribution in [2.75, 3.05) is 0 Å². The summed E-state index contributed by atoms with van der Waals surface area (Å²) in [7, 11) is 0. The van der Waals surface area contributed by atoms with Crippen LogP contribution < -0.4 is 0 Å². The number of nitrogens with zero attached hydrogens (tertiary/aromatic N) is 7. The van der Waals surface area contributed by atoms with E-state index in [9.17, 15) is 69.3 Å². The molecular weight excluding hydrogens is 731 g/mol. The van der Waals surface area contributed by atoms with E-state index in [0.29, 0.717) is 0 Å². The molecule has 1 aromatic carbocycles. The van der Waals surface area contributed by atoms with Crippen LogP contribution >= 0.6 is 0 Å². The van der Waals surface area contributed by atoms with E-state index < -0.39 is 138 Å². The third-order valence-corrected chi connectivity index (χ3v) is 6.68. The molecule has 0 spiro atoms. The molecule has 0 amide bonds. The van der Waals surface area contributed by atoms with Gasteiger partial charge in [0.15, 0.2) is 52.1 Å². The number of aromatic nitrogens is 2. The molecule has 256 valence electrons. The van der Waals surface area contributed by atoms with E-state index in [1.807, 2.05) is 9.97 Å². The molecule has 0 aliphatic heterocycles. The lowest BCUT2D eigenvalue weighted by Crippen LogP contribution is -2.16. The van der Waals surface area contributed by atoms with E-state index >= 15 is 17.6 Å². The summed E-state index contributed by atoms with van der Waals surface area (Å²) in [6, 6.07) is 4.28. The van der Waals surface area contributed by atoms with E-state index in [1.54, 1.807) is 0 Å². The maximum Gasteiger partial charge on any atom is 0.436 e. The van der Waals surface area contributed by atoms with E-state index in [2.05, 4.69) is 0 Å². The van der Waals surface area contributed by atoms with Crippen molar-refractivity contribution in [2.24, 2.45) is 0 Å². The lowest BCUT2D eigenvalue weighted by Gasteiger charge is -2.11. The van der Waals surface area contributed by atoms with Gasteiger partial charge in [0.05, 0.1) is 33.4 Å². The highest BCUT2D eigenvalue weighted by atomic mass is 19.4. The lowest BCUT2D eigenvalue weighted by molar-refractivity contribution is -0.145. The van der Waals surface area contributed by atoms with E-state index in [1.165, 1.54) is 0 Å². The van der Waals surface area contributed by atoms with Crippen molar-refractivity contribution in [1.29, 1.82) is 26.3 Å². The standard InChI is InChI=1S/C29F15N7/c30-17-6(1-45)7(2-46)18(31)19(32)14(17)8(3-47)11-12(9(4-48)15-20(33)24(28(39,40)41)50-26(37)22(15)35)13(11)10(5-49)16-21(34)25(29(42,43)44)51-27(38)23(16)36.